The Balaban J connectivity index is 1.88. The maximum Gasteiger partial charge on any atom is 0.346 e. The molecule has 0 spiro atoms. The van der Waals surface area contributed by atoms with E-state index in [1.54, 1.807) is 24.3 Å². The first kappa shape index (κ1) is 18.2. The summed E-state index contributed by atoms with van der Waals surface area (Å²) in [7, 11) is 2.43. The minimum absolute atomic E-state index is 0.0473. The monoisotopic (exact) mass is 388 g/mol. The van der Waals surface area contributed by atoms with Crippen molar-refractivity contribution < 1.29 is 28.7 Å². The van der Waals surface area contributed by atoms with Crippen LogP contribution in [-0.2, 0) is 19.1 Å². The zero-order valence-electron chi connectivity index (χ0n) is 13.7. The van der Waals surface area contributed by atoms with Gasteiger partial charge in [-0.05, 0) is 12.2 Å². The van der Waals surface area contributed by atoms with Gasteiger partial charge < -0.3 is 9.47 Å². The van der Waals surface area contributed by atoms with Crippen molar-refractivity contribution in [1.29, 1.82) is 0 Å². The maximum atomic E-state index is 12.4. The van der Waals surface area contributed by atoms with Gasteiger partial charge in [-0.2, -0.15) is 0 Å². The third kappa shape index (κ3) is 3.13. The molecule has 3 rings (SSSR count). The van der Waals surface area contributed by atoms with E-state index in [9.17, 15) is 19.2 Å². The number of esters is 2. The number of allylic oxidation sites excluding steroid dienone is 3. The summed E-state index contributed by atoms with van der Waals surface area (Å²) in [6.45, 7) is 0. The zero-order chi connectivity index (χ0) is 18.8. The van der Waals surface area contributed by atoms with E-state index in [2.05, 4.69) is 9.47 Å². The van der Waals surface area contributed by atoms with Crippen LogP contribution in [-0.4, -0.2) is 37.7 Å². The second kappa shape index (κ2) is 7.35. The molecule has 0 radical (unpaired) electrons. The lowest BCUT2D eigenvalue weighted by Gasteiger charge is -2.00. The summed E-state index contributed by atoms with van der Waals surface area (Å²) < 4.78 is 9.90. The van der Waals surface area contributed by atoms with Gasteiger partial charge in [0.25, 0.3) is 0 Å². The van der Waals surface area contributed by atoms with Crippen LogP contribution in [0.15, 0.2) is 56.0 Å². The summed E-state index contributed by atoms with van der Waals surface area (Å²) in [4.78, 5) is 48.6. The predicted octanol–water partition coefficient (Wildman–Crippen LogP) is 2.87. The van der Waals surface area contributed by atoms with Gasteiger partial charge in [-0.3, -0.25) is 9.59 Å². The first-order chi connectivity index (χ1) is 12.5. The van der Waals surface area contributed by atoms with Gasteiger partial charge in [0.15, 0.2) is 11.6 Å². The third-order valence-corrected chi connectivity index (χ3v) is 6.10. The molecule has 0 saturated heterocycles. The zero-order valence-corrected chi connectivity index (χ0v) is 15.4. The first-order valence-electron chi connectivity index (χ1n) is 7.35. The van der Waals surface area contributed by atoms with E-state index >= 15 is 0 Å². The Kier molecular flexibility index (Phi) is 5.15. The molecule has 1 aliphatic heterocycles. The van der Waals surface area contributed by atoms with Crippen molar-refractivity contribution >= 4 is 47.0 Å². The molecule has 6 nitrogen and oxygen atoms in total. The number of hydrogen-bond donors (Lipinski definition) is 0. The molecule has 0 saturated carbocycles. The van der Waals surface area contributed by atoms with Gasteiger partial charge in [0, 0.05) is 11.1 Å². The Bertz CT molecular complexity index is 872. The highest BCUT2D eigenvalue weighted by molar-refractivity contribution is 8.29. The molecule has 1 heterocycles. The molecule has 0 atom stereocenters. The highest BCUT2D eigenvalue weighted by atomic mass is 32.2. The molecule has 1 aliphatic carbocycles. The van der Waals surface area contributed by atoms with Crippen molar-refractivity contribution in [3.8, 4) is 0 Å². The van der Waals surface area contributed by atoms with Crippen LogP contribution in [0.5, 0.6) is 0 Å². The van der Waals surface area contributed by atoms with Gasteiger partial charge in [0.05, 0.1) is 24.0 Å². The summed E-state index contributed by atoms with van der Waals surface area (Å²) in [5.41, 5.74) is 0.793. The Hall–Kier alpha value is -2.58. The second-order valence-corrected chi connectivity index (χ2v) is 7.48. The highest BCUT2D eigenvalue weighted by Gasteiger charge is 2.34. The number of Topliss-reactive ketones (excluding diaryl/α,β-unsaturated/α-hetero) is 2. The van der Waals surface area contributed by atoms with Crippen LogP contribution in [0, 0.1) is 0 Å². The number of thioether (sulfide) groups is 2. The Morgan fingerprint density at radius 3 is 1.73 bits per heavy atom. The number of methoxy groups -OCH3 is 2. The van der Waals surface area contributed by atoms with Crippen molar-refractivity contribution in [1.82, 2.24) is 0 Å². The minimum Gasteiger partial charge on any atom is -0.465 e. The molecule has 0 unspecified atom stereocenters. The number of hydrogen-bond acceptors (Lipinski definition) is 8. The standard InChI is InChI=1S/C18H12O6S2/c1-23-17(21)15-16(18(22)24-2)26-12(25-15)8-7-11-13(19)9-5-3-4-6-10(9)14(11)20/h3-8H,1-2H3. The van der Waals surface area contributed by atoms with Gasteiger partial charge in [0.2, 0.25) is 0 Å². The quantitative estimate of drug-likeness (QED) is 0.444. The largest absolute Gasteiger partial charge is 0.465 e. The van der Waals surface area contributed by atoms with Crippen LogP contribution in [0.4, 0.5) is 0 Å². The molecule has 0 aromatic heterocycles. The van der Waals surface area contributed by atoms with Crippen LogP contribution in [0.2, 0.25) is 0 Å². The fraction of sp³-hybridized carbons (Fsp3) is 0.111. The third-order valence-electron chi connectivity index (χ3n) is 3.64. The summed E-state index contributed by atoms with van der Waals surface area (Å²) in [5.74, 6) is -1.99. The molecule has 132 valence electrons. The predicted molar refractivity (Wildman–Crippen MR) is 97.5 cm³/mol. The van der Waals surface area contributed by atoms with Crippen molar-refractivity contribution in [2.24, 2.45) is 0 Å². The SMILES string of the molecule is COC(=O)C1=C(C(=O)OC)SC(=CC=C2C(=O)c3ccccc3C2=O)S1. The highest BCUT2D eigenvalue weighted by Crippen LogP contribution is 2.50. The van der Waals surface area contributed by atoms with Crippen LogP contribution in [0.3, 0.4) is 0 Å². The molecular formula is C18H12O6S2. The lowest BCUT2D eigenvalue weighted by Crippen LogP contribution is -2.08. The van der Waals surface area contributed by atoms with Crippen molar-refractivity contribution in [3.63, 3.8) is 0 Å². The fourth-order valence-corrected chi connectivity index (χ4v) is 4.69. The van der Waals surface area contributed by atoms with E-state index in [0.717, 1.165) is 23.5 Å². The molecule has 0 bridgehead atoms. The summed E-state index contributed by atoms with van der Waals surface area (Å²) in [6.07, 6.45) is 2.94. The van der Waals surface area contributed by atoms with Crippen LogP contribution in [0.25, 0.3) is 0 Å². The molecule has 8 heteroatoms. The maximum absolute atomic E-state index is 12.4. The van der Waals surface area contributed by atoms with Gasteiger partial charge in [-0.25, -0.2) is 9.59 Å². The van der Waals surface area contributed by atoms with Crippen molar-refractivity contribution in [3.05, 3.63) is 67.2 Å². The lowest BCUT2D eigenvalue weighted by molar-refractivity contribution is -0.138. The Labute approximate surface area is 157 Å². The lowest BCUT2D eigenvalue weighted by atomic mass is 10.1. The van der Waals surface area contributed by atoms with Crippen LogP contribution >= 0.6 is 23.5 Å². The van der Waals surface area contributed by atoms with E-state index in [-0.39, 0.29) is 26.9 Å². The number of fused-ring (bicyclic) bond motifs is 1. The number of benzene rings is 1. The number of rotatable bonds is 3. The van der Waals surface area contributed by atoms with E-state index in [1.165, 1.54) is 26.4 Å². The average molecular weight is 388 g/mol. The first-order valence-corrected chi connectivity index (χ1v) is 8.98. The van der Waals surface area contributed by atoms with Gasteiger partial charge in [-0.15, -0.1) is 0 Å². The van der Waals surface area contributed by atoms with Gasteiger partial charge >= 0.3 is 11.9 Å². The van der Waals surface area contributed by atoms with Gasteiger partial charge in [0.1, 0.15) is 9.81 Å². The van der Waals surface area contributed by atoms with E-state index in [1.807, 2.05) is 0 Å². The van der Waals surface area contributed by atoms with Gasteiger partial charge in [-0.1, -0.05) is 47.8 Å². The molecular weight excluding hydrogens is 376 g/mol. The number of carbonyl (C=O) groups is 4. The molecule has 0 fully saturated rings. The summed E-state index contributed by atoms with van der Waals surface area (Å²) >= 11 is 2.05. The van der Waals surface area contributed by atoms with E-state index in [0.29, 0.717) is 15.4 Å². The minimum atomic E-state index is -0.653. The fourth-order valence-electron chi connectivity index (χ4n) is 2.41. The van der Waals surface area contributed by atoms with E-state index < -0.39 is 11.9 Å². The summed E-state index contributed by atoms with van der Waals surface area (Å²) in [6, 6.07) is 6.61. The topological polar surface area (TPSA) is 86.7 Å². The Morgan fingerprint density at radius 1 is 0.846 bits per heavy atom. The van der Waals surface area contributed by atoms with Crippen LogP contribution < -0.4 is 0 Å². The molecule has 2 aliphatic rings. The number of ketones is 2. The number of ether oxygens (including phenoxy) is 2. The Morgan fingerprint density at radius 2 is 1.31 bits per heavy atom. The average Bonchev–Trinajstić information content (AvgIpc) is 3.19. The molecule has 26 heavy (non-hydrogen) atoms. The normalized spacial score (nSPS) is 15.9. The van der Waals surface area contributed by atoms with Crippen molar-refractivity contribution in [2.75, 3.05) is 14.2 Å². The molecule has 1 aromatic rings. The van der Waals surface area contributed by atoms with Crippen molar-refractivity contribution in [2.45, 2.75) is 0 Å². The second-order valence-electron chi connectivity index (χ2n) is 5.12. The molecule has 1 aromatic carbocycles. The summed E-state index contributed by atoms with van der Waals surface area (Å²) in [5, 5.41) is 0. The van der Waals surface area contributed by atoms with Crippen LogP contribution in [0.1, 0.15) is 20.7 Å². The molecule has 0 amide bonds. The number of carbonyl (C=O) groups excluding carboxylic acids is 4. The molecule has 0 N–H and O–H groups in total. The smallest absolute Gasteiger partial charge is 0.346 e. The van der Waals surface area contributed by atoms with E-state index in [4.69, 9.17) is 0 Å².